The summed E-state index contributed by atoms with van der Waals surface area (Å²) in [5, 5.41) is 6.18. The van der Waals surface area contributed by atoms with E-state index in [2.05, 4.69) is 36.6 Å². The summed E-state index contributed by atoms with van der Waals surface area (Å²) in [7, 11) is 0. The summed E-state index contributed by atoms with van der Waals surface area (Å²) in [6.45, 7) is 12.8. The predicted molar refractivity (Wildman–Crippen MR) is 125 cm³/mol. The minimum atomic E-state index is 0.0524. The molecule has 1 heterocycles. The molecule has 4 N–H and O–H groups in total. The Morgan fingerprint density at radius 3 is 1.97 bits per heavy atom. The molecule has 3 rings (SSSR count). The van der Waals surface area contributed by atoms with E-state index in [1.54, 1.807) is 0 Å². The lowest BCUT2D eigenvalue weighted by molar-refractivity contribution is -1.00. The van der Waals surface area contributed by atoms with Crippen molar-refractivity contribution in [3.63, 3.8) is 0 Å². The second-order valence-electron chi connectivity index (χ2n) is 8.66. The molecule has 0 atom stereocenters. The van der Waals surface area contributed by atoms with Crippen LogP contribution in [0.5, 0.6) is 0 Å². The predicted octanol–water partition coefficient (Wildman–Crippen LogP) is 0.535. The second kappa shape index (κ2) is 10.6. The van der Waals surface area contributed by atoms with Gasteiger partial charge in [0, 0.05) is 11.4 Å². The fourth-order valence-corrected chi connectivity index (χ4v) is 4.23. The maximum Gasteiger partial charge on any atom is 0.279 e. The zero-order valence-corrected chi connectivity index (χ0v) is 19.2. The van der Waals surface area contributed by atoms with Crippen molar-refractivity contribution >= 4 is 23.2 Å². The van der Waals surface area contributed by atoms with E-state index in [0.717, 1.165) is 55.1 Å². The number of hydrogen-bond donors (Lipinski definition) is 4. The van der Waals surface area contributed by atoms with Gasteiger partial charge in [0.1, 0.15) is 26.2 Å². The van der Waals surface area contributed by atoms with E-state index in [9.17, 15) is 9.59 Å². The molecular formula is C25H36N4O2+2. The first-order valence-corrected chi connectivity index (χ1v) is 11.3. The number of quaternary nitrogens is 2. The molecule has 2 aromatic rings. The highest BCUT2D eigenvalue weighted by molar-refractivity contribution is 5.93. The third-order valence-electron chi connectivity index (χ3n) is 6.37. The van der Waals surface area contributed by atoms with Crippen molar-refractivity contribution in [1.82, 2.24) is 0 Å². The number of amides is 2. The minimum absolute atomic E-state index is 0.0524. The maximum absolute atomic E-state index is 12.6. The molecule has 1 saturated heterocycles. The molecule has 0 spiro atoms. The van der Waals surface area contributed by atoms with Gasteiger partial charge in [-0.05, 0) is 55.5 Å². The standard InChI is InChI=1S/C25H34N4O2/c1-5-21-10-6-9-19(3)25(21)27-24(31)17-29-14-12-28(13-15-29)16-23(30)26-22-11-7-8-18(2)20(22)4/h6-11H,5,12-17H2,1-4H3,(H,26,30)(H,27,31)/p+2. The van der Waals surface area contributed by atoms with Gasteiger partial charge in [0.15, 0.2) is 13.1 Å². The van der Waals surface area contributed by atoms with Gasteiger partial charge in [-0.3, -0.25) is 9.59 Å². The number of rotatable bonds is 7. The van der Waals surface area contributed by atoms with Crippen LogP contribution in [0.3, 0.4) is 0 Å². The molecule has 6 nitrogen and oxygen atoms in total. The number of nitrogens with one attached hydrogen (secondary N) is 4. The lowest BCUT2D eigenvalue weighted by Gasteiger charge is -2.29. The molecule has 31 heavy (non-hydrogen) atoms. The molecule has 1 aliphatic heterocycles. The number of piperazine rings is 1. The van der Waals surface area contributed by atoms with Crippen LogP contribution in [-0.4, -0.2) is 51.1 Å². The third-order valence-corrected chi connectivity index (χ3v) is 6.37. The van der Waals surface area contributed by atoms with Crippen LogP contribution in [0.4, 0.5) is 11.4 Å². The Bertz CT molecular complexity index is 933. The lowest BCUT2D eigenvalue weighted by atomic mass is 10.1. The number of benzene rings is 2. The number of para-hydroxylation sites is 1. The quantitative estimate of drug-likeness (QED) is 0.524. The Kier molecular flexibility index (Phi) is 7.82. The highest BCUT2D eigenvalue weighted by Crippen LogP contribution is 2.20. The van der Waals surface area contributed by atoms with E-state index in [1.165, 1.54) is 20.9 Å². The number of carbonyl (C=O) groups excluding carboxylic acids is 2. The normalized spacial score (nSPS) is 18.5. The van der Waals surface area contributed by atoms with Crippen molar-refractivity contribution in [3.8, 4) is 0 Å². The summed E-state index contributed by atoms with van der Waals surface area (Å²) in [4.78, 5) is 27.7. The zero-order valence-electron chi connectivity index (χ0n) is 19.2. The molecule has 0 aliphatic carbocycles. The molecule has 0 radical (unpaired) electrons. The molecule has 1 fully saturated rings. The average Bonchev–Trinajstić information content (AvgIpc) is 2.74. The van der Waals surface area contributed by atoms with Crippen LogP contribution in [0, 0.1) is 20.8 Å². The van der Waals surface area contributed by atoms with Gasteiger partial charge in [0.25, 0.3) is 11.8 Å². The molecule has 0 aromatic heterocycles. The second-order valence-corrected chi connectivity index (χ2v) is 8.66. The van der Waals surface area contributed by atoms with E-state index < -0.39 is 0 Å². The lowest BCUT2D eigenvalue weighted by Crippen LogP contribution is -3.28. The van der Waals surface area contributed by atoms with Crippen LogP contribution in [0.15, 0.2) is 36.4 Å². The van der Waals surface area contributed by atoms with Crippen molar-refractivity contribution < 1.29 is 19.4 Å². The van der Waals surface area contributed by atoms with E-state index in [-0.39, 0.29) is 11.8 Å². The zero-order chi connectivity index (χ0) is 22.4. The molecule has 0 bridgehead atoms. The molecule has 0 unspecified atom stereocenters. The van der Waals surface area contributed by atoms with Gasteiger partial charge in [-0.15, -0.1) is 0 Å². The van der Waals surface area contributed by atoms with Crippen molar-refractivity contribution in [3.05, 3.63) is 58.7 Å². The molecule has 6 heteroatoms. The van der Waals surface area contributed by atoms with Gasteiger partial charge in [-0.1, -0.05) is 37.3 Å². The summed E-state index contributed by atoms with van der Waals surface area (Å²) in [6, 6.07) is 12.1. The molecule has 2 aromatic carbocycles. The van der Waals surface area contributed by atoms with Gasteiger partial charge < -0.3 is 20.4 Å². The summed E-state index contributed by atoms with van der Waals surface area (Å²) < 4.78 is 0. The van der Waals surface area contributed by atoms with E-state index in [0.29, 0.717) is 13.1 Å². The maximum atomic E-state index is 12.6. The van der Waals surface area contributed by atoms with Crippen LogP contribution >= 0.6 is 0 Å². The van der Waals surface area contributed by atoms with E-state index in [4.69, 9.17) is 0 Å². The summed E-state index contributed by atoms with van der Waals surface area (Å²) >= 11 is 0. The van der Waals surface area contributed by atoms with Crippen LogP contribution in [0.2, 0.25) is 0 Å². The Hall–Kier alpha value is -2.70. The Labute approximate surface area is 185 Å². The molecule has 166 valence electrons. The van der Waals surface area contributed by atoms with Gasteiger partial charge in [-0.25, -0.2) is 0 Å². The largest absolute Gasteiger partial charge is 0.321 e. The summed E-state index contributed by atoms with van der Waals surface area (Å²) in [5.41, 5.74) is 6.43. The highest BCUT2D eigenvalue weighted by atomic mass is 16.2. The van der Waals surface area contributed by atoms with Gasteiger partial charge in [0.2, 0.25) is 0 Å². The SMILES string of the molecule is CCc1cccc(C)c1NC(=O)C[NH+]1CC[NH+](CC(=O)Nc2cccc(C)c2C)CC1. The molecule has 1 aliphatic rings. The molecular weight excluding hydrogens is 388 g/mol. The first-order valence-electron chi connectivity index (χ1n) is 11.3. The van der Waals surface area contributed by atoms with Crippen LogP contribution in [-0.2, 0) is 16.0 Å². The van der Waals surface area contributed by atoms with Gasteiger partial charge in [-0.2, -0.15) is 0 Å². The van der Waals surface area contributed by atoms with Crippen LogP contribution in [0.1, 0.15) is 29.2 Å². The third kappa shape index (κ3) is 6.15. The van der Waals surface area contributed by atoms with Crippen LogP contribution < -0.4 is 20.4 Å². The van der Waals surface area contributed by atoms with Crippen molar-refractivity contribution in [2.24, 2.45) is 0 Å². The number of hydrogen-bond acceptors (Lipinski definition) is 2. The highest BCUT2D eigenvalue weighted by Gasteiger charge is 2.26. The van der Waals surface area contributed by atoms with Crippen LogP contribution in [0.25, 0.3) is 0 Å². The number of aryl methyl sites for hydroxylation is 3. The van der Waals surface area contributed by atoms with Gasteiger partial charge >= 0.3 is 0 Å². The number of anilines is 2. The van der Waals surface area contributed by atoms with E-state index in [1.807, 2.05) is 38.1 Å². The Morgan fingerprint density at radius 2 is 1.35 bits per heavy atom. The minimum Gasteiger partial charge on any atom is -0.321 e. The van der Waals surface area contributed by atoms with Gasteiger partial charge in [0.05, 0.1) is 0 Å². The Balaban J connectivity index is 1.45. The van der Waals surface area contributed by atoms with Crippen molar-refractivity contribution in [2.45, 2.75) is 34.1 Å². The summed E-state index contributed by atoms with van der Waals surface area (Å²) in [5.74, 6) is 0.117. The molecule has 0 saturated carbocycles. The smallest absolute Gasteiger partial charge is 0.279 e. The topological polar surface area (TPSA) is 67.1 Å². The van der Waals surface area contributed by atoms with Crippen molar-refractivity contribution in [2.75, 3.05) is 49.9 Å². The first-order chi connectivity index (χ1) is 14.9. The average molecular weight is 425 g/mol. The van der Waals surface area contributed by atoms with Crippen molar-refractivity contribution in [1.29, 1.82) is 0 Å². The van der Waals surface area contributed by atoms with E-state index >= 15 is 0 Å². The fourth-order valence-electron chi connectivity index (χ4n) is 4.23. The fraction of sp³-hybridized carbons (Fsp3) is 0.440. The Morgan fingerprint density at radius 1 is 0.806 bits per heavy atom. The number of carbonyl (C=O) groups is 2. The summed E-state index contributed by atoms with van der Waals surface area (Å²) in [6.07, 6.45) is 0.899. The monoisotopic (exact) mass is 424 g/mol. The first kappa shape index (κ1) is 23.0. The molecule has 2 amide bonds.